The molecule has 0 aromatic carbocycles. The van der Waals surface area contributed by atoms with Gasteiger partial charge in [-0.05, 0) is 36.0 Å². The van der Waals surface area contributed by atoms with Gasteiger partial charge in [-0.25, -0.2) is 4.57 Å². The molecule has 0 aliphatic carbocycles. The largest absolute Gasteiger partial charge is 0.472 e. The zero-order valence-corrected chi connectivity index (χ0v) is 39.5. The molecule has 0 spiro atoms. The zero-order valence-electron chi connectivity index (χ0n) is 35.1. The summed E-state index contributed by atoms with van der Waals surface area (Å²) in [5, 5.41) is 2.52. The molecule has 1 aromatic heterocycles. The molecule has 1 radical (unpaired) electrons. The predicted octanol–water partition coefficient (Wildman–Crippen LogP) is 11.8. The van der Waals surface area contributed by atoms with Gasteiger partial charge in [-0.3, -0.25) is 18.6 Å². The third-order valence-corrected chi connectivity index (χ3v) is 10.7. The third kappa shape index (κ3) is 35.4. The Morgan fingerprint density at radius 1 is 0.607 bits per heavy atom. The van der Waals surface area contributed by atoms with Crippen molar-refractivity contribution in [1.82, 2.24) is 15.0 Å². The number of rotatable bonds is 39. The summed E-state index contributed by atoms with van der Waals surface area (Å²) in [6, 6.07) is 0. The molecular weight excluding hydrogens is 789 g/mol. The van der Waals surface area contributed by atoms with Crippen LogP contribution in [0.15, 0.2) is 0 Å². The molecule has 1 heterocycles. The van der Waals surface area contributed by atoms with E-state index >= 15 is 0 Å². The molecule has 1 unspecified atom stereocenters. The minimum Gasteiger partial charge on any atom is -0.462 e. The Bertz CT molecular complexity index is 1140. The first-order chi connectivity index (χ1) is 26.6. The molecule has 56 heavy (non-hydrogen) atoms. The van der Waals surface area contributed by atoms with Gasteiger partial charge in [0.25, 0.3) is 0 Å². The van der Waals surface area contributed by atoms with Crippen molar-refractivity contribution in [2.75, 3.05) is 31.7 Å². The number of carbonyl (C=O) groups excluding carboxylic acids is 2. The molecule has 0 saturated carbocycles. The van der Waals surface area contributed by atoms with Gasteiger partial charge < -0.3 is 19.7 Å². The maximum Gasteiger partial charge on any atom is 0.472 e. The molecular formula is C40H73Cl2N4NaO8P. The van der Waals surface area contributed by atoms with Gasteiger partial charge in [0.2, 0.25) is 16.5 Å². The zero-order chi connectivity index (χ0) is 40.2. The van der Waals surface area contributed by atoms with Crippen LogP contribution in [0.4, 0.5) is 5.95 Å². The molecule has 2 N–H and O–H groups in total. The molecule has 0 amide bonds. The first kappa shape index (κ1) is 55.4. The summed E-state index contributed by atoms with van der Waals surface area (Å²) in [5.74, 6) is -0.816. The Morgan fingerprint density at radius 3 is 1.43 bits per heavy atom. The fourth-order valence-electron chi connectivity index (χ4n) is 6.14. The van der Waals surface area contributed by atoms with Crippen molar-refractivity contribution in [2.24, 2.45) is 0 Å². The summed E-state index contributed by atoms with van der Waals surface area (Å²) < 4.78 is 33.7. The summed E-state index contributed by atoms with van der Waals surface area (Å²) >= 11 is 11.5. The molecule has 2 atom stereocenters. The van der Waals surface area contributed by atoms with E-state index in [-0.39, 0.29) is 78.7 Å². The van der Waals surface area contributed by atoms with Gasteiger partial charge in [0.1, 0.15) is 6.61 Å². The van der Waals surface area contributed by atoms with Crippen LogP contribution in [0, 0.1) is 0 Å². The topological polar surface area (TPSA) is 159 Å². The van der Waals surface area contributed by atoms with Crippen LogP contribution < -0.4 is 5.32 Å². The van der Waals surface area contributed by atoms with Gasteiger partial charge in [-0.2, -0.15) is 15.0 Å². The van der Waals surface area contributed by atoms with E-state index in [0.717, 1.165) is 32.1 Å². The van der Waals surface area contributed by atoms with Gasteiger partial charge in [0.05, 0.1) is 13.2 Å². The number of hydrogen-bond acceptors (Lipinski definition) is 11. The van der Waals surface area contributed by atoms with Gasteiger partial charge in [0.15, 0.2) is 6.10 Å². The number of nitrogens with one attached hydrogen (secondary N) is 1. The van der Waals surface area contributed by atoms with Crippen molar-refractivity contribution in [3.8, 4) is 0 Å². The van der Waals surface area contributed by atoms with E-state index in [2.05, 4.69) is 34.1 Å². The second-order valence-corrected chi connectivity index (χ2v) is 16.6. The van der Waals surface area contributed by atoms with Gasteiger partial charge in [0, 0.05) is 48.9 Å². The van der Waals surface area contributed by atoms with Crippen molar-refractivity contribution in [2.45, 2.75) is 200 Å². The molecule has 1 aromatic rings. The Morgan fingerprint density at radius 2 is 1.00 bits per heavy atom. The van der Waals surface area contributed by atoms with Crippen LogP contribution in [0.1, 0.15) is 194 Å². The monoisotopic (exact) mass is 861 g/mol. The SMILES string of the molecule is CCCCCCCCCCCCCCCC(=O)OC[C@H](COP(=O)(O)OCCNc1nc(Cl)nc(Cl)n1)OC(=O)CCCCCCCCCCCCCCC.[Na]. The molecule has 12 nitrogen and oxygen atoms in total. The Hall–Kier alpha value is -0.560. The van der Waals surface area contributed by atoms with E-state index in [1.807, 2.05) is 0 Å². The van der Waals surface area contributed by atoms with Crippen molar-refractivity contribution < 1.29 is 37.6 Å². The minimum absolute atomic E-state index is 0. The summed E-state index contributed by atoms with van der Waals surface area (Å²) in [6.45, 7) is 3.47. The average molecular weight is 863 g/mol. The van der Waals surface area contributed by atoms with Gasteiger partial charge in [-0.15, -0.1) is 0 Å². The Balaban J connectivity index is 0.0000302. The van der Waals surface area contributed by atoms with Crippen LogP contribution in [-0.2, 0) is 32.7 Å². The van der Waals surface area contributed by atoms with Crippen molar-refractivity contribution in [1.29, 1.82) is 0 Å². The quantitative estimate of drug-likeness (QED) is 0.0280. The number of phosphoric ester groups is 1. The normalized spacial score (nSPS) is 12.8. The average Bonchev–Trinajstić information content (AvgIpc) is 3.14. The number of aromatic nitrogens is 3. The van der Waals surface area contributed by atoms with Crippen molar-refractivity contribution in [3.05, 3.63) is 10.6 Å². The Kier molecular flexibility index (Phi) is 38.2. The van der Waals surface area contributed by atoms with Crippen molar-refractivity contribution in [3.63, 3.8) is 0 Å². The number of unbranched alkanes of at least 4 members (excludes halogenated alkanes) is 24. The fraction of sp³-hybridized carbons (Fsp3) is 0.875. The number of carbonyl (C=O) groups is 2. The molecule has 16 heteroatoms. The summed E-state index contributed by atoms with van der Waals surface area (Å²) in [5.41, 5.74) is 0. The summed E-state index contributed by atoms with van der Waals surface area (Å²) in [6.07, 6.45) is 30.6. The van der Waals surface area contributed by atoms with Crippen LogP contribution in [0.5, 0.6) is 0 Å². The molecule has 0 saturated heterocycles. The standard InChI is InChI=1S/C40H73Cl2N4O8P.Na/c1-3-5-7-9-11-13-15-17-19-21-23-25-27-29-36(47)51-33-35(34-53-55(49,50)52-32-31-43-40-45-38(41)44-39(42)46-40)54-37(48)30-28-26-24-22-20-18-16-14-12-10-8-6-4-2;/h35H,3-34H2,1-2H3,(H,49,50)(H,43,44,45,46);/t35-;/m1./s1. The molecule has 321 valence electrons. The first-order valence-electron chi connectivity index (χ1n) is 21.4. The summed E-state index contributed by atoms with van der Waals surface area (Å²) in [4.78, 5) is 46.8. The maximum absolute atomic E-state index is 12.7. The van der Waals surface area contributed by atoms with Crippen LogP contribution in [-0.4, -0.2) is 93.8 Å². The number of hydrogen-bond donors (Lipinski definition) is 2. The van der Waals surface area contributed by atoms with E-state index in [1.165, 1.54) is 122 Å². The van der Waals surface area contributed by atoms with E-state index in [9.17, 15) is 19.0 Å². The minimum atomic E-state index is -4.55. The van der Waals surface area contributed by atoms with E-state index < -0.39 is 32.5 Å². The van der Waals surface area contributed by atoms with E-state index in [1.54, 1.807) is 0 Å². The third-order valence-electron chi connectivity index (χ3n) is 9.34. The van der Waals surface area contributed by atoms with E-state index in [0.29, 0.717) is 12.8 Å². The van der Waals surface area contributed by atoms with Gasteiger partial charge >= 0.3 is 19.8 Å². The van der Waals surface area contributed by atoms with Gasteiger partial charge in [-0.1, -0.05) is 168 Å². The van der Waals surface area contributed by atoms with Crippen molar-refractivity contribution >= 4 is 78.5 Å². The summed E-state index contributed by atoms with van der Waals surface area (Å²) in [7, 11) is -4.55. The van der Waals surface area contributed by atoms with Crippen LogP contribution in [0.2, 0.25) is 10.6 Å². The second kappa shape index (κ2) is 38.6. The van der Waals surface area contributed by atoms with Crippen LogP contribution >= 0.6 is 31.0 Å². The number of anilines is 1. The number of nitrogens with zero attached hydrogens (tertiary/aromatic N) is 3. The maximum atomic E-state index is 12.7. The smallest absolute Gasteiger partial charge is 0.462 e. The molecule has 0 fully saturated rings. The predicted molar refractivity (Wildman–Crippen MR) is 227 cm³/mol. The molecule has 0 bridgehead atoms. The number of phosphoric acid groups is 1. The van der Waals surface area contributed by atoms with Crippen LogP contribution in [0.25, 0.3) is 0 Å². The number of esters is 2. The first-order valence-corrected chi connectivity index (χ1v) is 23.7. The molecule has 1 rings (SSSR count). The Labute approximate surface area is 370 Å². The number of ether oxygens (including phenoxy) is 2. The van der Waals surface area contributed by atoms with E-state index in [4.69, 9.17) is 41.7 Å². The molecule has 0 aliphatic rings. The fourth-order valence-corrected chi connectivity index (χ4v) is 7.25. The second-order valence-electron chi connectivity index (χ2n) is 14.5. The molecule has 0 aliphatic heterocycles. The number of halogens is 2. The van der Waals surface area contributed by atoms with Crippen LogP contribution in [0.3, 0.4) is 0 Å².